The molecule has 0 saturated carbocycles. The second-order valence-electron chi connectivity index (χ2n) is 5.22. The van der Waals surface area contributed by atoms with Crippen LogP contribution in [0.25, 0.3) is 10.9 Å². The summed E-state index contributed by atoms with van der Waals surface area (Å²) in [4.78, 5) is 24.4. The molecule has 1 atom stereocenters. The Kier molecular flexibility index (Phi) is 5.18. The van der Waals surface area contributed by atoms with Crippen molar-refractivity contribution in [2.24, 2.45) is 11.8 Å². The van der Waals surface area contributed by atoms with Crippen molar-refractivity contribution < 1.29 is 14.3 Å². The predicted molar refractivity (Wildman–Crippen MR) is 87.4 cm³/mol. The average molecular weight is 368 g/mol. The van der Waals surface area contributed by atoms with Crippen molar-refractivity contribution in [2.45, 2.75) is 20.8 Å². The van der Waals surface area contributed by atoms with E-state index in [-0.39, 0.29) is 18.4 Å². The molecule has 0 aliphatic rings. The molecule has 1 aromatic heterocycles. The number of nitrogens with zero attached hydrogens (tertiary/aromatic N) is 1. The molecule has 1 aromatic carbocycles. The van der Waals surface area contributed by atoms with Gasteiger partial charge in [-0.25, -0.2) is 0 Å². The fourth-order valence-electron chi connectivity index (χ4n) is 2.20. The summed E-state index contributed by atoms with van der Waals surface area (Å²) in [6.07, 6.45) is 1.70. The van der Waals surface area contributed by atoms with Gasteiger partial charge in [-0.3, -0.25) is 14.7 Å². The minimum Gasteiger partial charge on any atom is -0.465 e. The molecule has 2 N–H and O–H groups in total. The molecule has 0 saturated heterocycles. The molecule has 1 amide bonds. The second-order valence-corrected chi connectivity index (χ2v) is 6.02. The highest BCUT2D eigenvalue weighted by Crippen LogP contribution is 2.30. The first-order valence-corrected chi connectivity index (χ1v) is 7.84. The third kappa shape index (κ3) is 3.30. The summed E-state index contributed by atoms with van der Waals surface area (Å²) < 4.78 is 5.68. The summed E-state index contributed by atoms with van der Waals surface area (Å²) in [7, 11) is 0. The van der Waals surface area contributed by atoms with E-state index in [1.807, 2.05) is 19.9 Å². The molecule has 7 heteroatoms. The molecule has 2 rings (SSSR count). The lowest BCUT2D eigenvalue weighted by molar-refractivity contribution is -0.152. The standard InChI is InChI=1S/C15H18BrN3O3/c1-4-22-15(21)11(8(2)3)14(20)18-10-6-5-9-7-17-19-13(9)12(10)16/h5-8,11H,4H2,1-3H3,(H,17,19)(H,18,20). The summed E-state index contributed by atoms with van der Waals surface area (Å²) in [5.74, 6) is -1.89. The maximum Gasteiger partial charge on any atom is 0.318 e. The summed E-state index contributed by atoms with van der Waals surface area (Å²) >= 11 is 3.44. The van der Waals surface area contributed by atoms with Crippen LogP contribution in [0, 0.1) is 11.8 Å². The number of aromatic nitrogens is 2. The Balaban J connectivity index is 2.24. The largest absolute Gasteiger partial charge is 0.465 e. The van der Waals surface area contributed by atoms with Gasteiger partial charge in [-0.15, -0.1) is 0 Å². The Bertz CT molecular complexity index is 696. The maximum atomic E-state index is 12.4. The Labute approximate surface area is 136 Å². The monoisotopic (exact) mass is 367 g/mol. The number of anilines is 1. The Hall–Kier alpha value is -1.89. The lowest BCUT2D eigenvalue weighted by Crippen LogP contribution is -2.35. The number of ether oxygens (including phenoxy) is 1. The smallest absolute Gasteiger partial charge is 0.318 e. The van der Waals surface area contributed by atoms with Crippen LogP contribution in [0.4, 0.5) is 5.69 Å². The van der Waals surface area contributed by atoms with Crippen LogP contribution in [0.5, 0.6) is 0 Å². The van der Waals surface area contributed by atoms with Crippen LogP contribution in [0.15, 0.2) is 22.8 Å². The average Bonchev–Trinajstić information content (AvgIpc) is 2.91. The van der Waals surface area contributed by atoms with Crippen LogP contribution in [0.1, 0.15) is 20.8 Å². The van der Waals surface area contributed by atoms with Gasteiger partial charge in [0.25, 0.3) is 0 Å². The number of nitrogens with one attached hydrogen (secondary N) is 2. The number of rotatable bonds is 5. The fraction of sp³-hybridized carbons (Fsp3) is 0.400. The zero-order chi connectivity index (χ0) is 16.3. The van der Waals surface area contributed by atoms with Gasteiger partial charge in [-0.2, -0.15) is 5.10 Å². The highest BCUT2D eigenvalue weighted by molar-refractivity contribution is 9.10. The molecule has 0 radical (unpaired) electrons. The third-order valence-electron chi connectivity index (χ3n) is 3.30. The SMILES string of the molecule is CCOC(=O)C(C(=O)Nc1ccc2cn[nH]c2c1Br)C(C)C. The molecule has 2 aromatic rings. The highest BCUT2D eigenvalue weighted by Gasteiger charge is 2.31. The minimum absolute atomic E-state index is 0.159. The molecule has 0 fully saturated rings. The van der Waals surface area contributed by atoms with Gasteiger partial charge in [0.1, 0.15) is 5.92 Å². The molecular weight excluding hydrogens is 350 g/mol. The fourth-order valence-corrected chi connectivity index (χ4v) is 2.75. The van der Waals surface area contributed by atoms with Crippen LogP contribution in [-0.2, 0) is 14.3 Å². The summed E-state index contributed by atoms with van der Waals surface area (Å²) in [6.45, 7) is 5.59. The van der Waals surface area contributed by atoms with Crippen molar-refractivity contribution in [2.75, 3.05) is 11.9 Å². The molecule has 1 heterocycles. The molecular formula is C15H18BrN3O3. The molecule has 22 heavy (non-hydrogen) atoms. The van der Waals surface area contributed by atoms with Gasteiger partial charge in [0.15, 0.2) is 0 Å². The molecule has 0 aliphatic heterocycles. The number of esters is 1. The van der Waals surface area contributed by atoms with Crippen LogP contribution < -0.4 is 5.32 Å². The number of fused-ring (bicyclic) bond motifs is 1. The van der Waals surface area contributed by atoms with Gasteiger partial charge < -0.3 is 10.1 Å². The summed E-state index contributed by atoms with van der Waals surface area (Å²) in [5.41, 5.74) is 1.37. The van der Waals surface area contributed by atoms with Crippen molar-refractivity contribution in [3.63, 3.8) is 0 Å². The molecule has 118 valence electrons. The number of aromatic amines is 1. The van der Waals surface area contributed by atoms with E-state index in [2.05, 4.69) is 31.4 Å². The Morgan fingerprint density at radius 2 is 2.14 bits per heavy atom. The molecule has 6 nitrogen and oxygen atoms in total. The van der Waals surface area contributed by atoms with Gasteiger partial charge in [-0.05, 0) is 40.9 Å². The van der Waals surface area contributed by atoms with E-state index in [0.717, 1.165) is 10.9 Å². The molecule has 1 unspecified atom stereocenters. The Morgan fingerprint density at radius 3 is 2.77 bits per heavy atom. The number of hydrogen-bond donors (Lipinski definition) is 2. The van der Waals surface area contributed by atoms with E-state index >= 15 is 0 Å². The first kappa shape index (κ1) is 16.5. The molecule has 0 spiro atoms. The van der Waals surface area contributed by atoms with E-state index in [0.29, 0.717) is 10.2 Å². The van der Waals surface area contributed by atoms with Crippen LogP contribution in [0.2, 0.25) is 0 Å². The quantitative estimate of drug-likeness (QED) is 0.628. The van der Waals surface area contributed by atoms with Crippen molar-refractivity contribution in [3.8, 4) is 0 Å². The number of carbonyl (C=O) groups is 2. The van der Waals surface area contributed by atoms with E-state index in [1.54, 1.807) is 19.2 Å². The third-order valence-corrected chi connectivity index (χ3v) is 4.13. The zero-order valence-electron chi connectivity index (χ0n) is 12.6. The second kappa shape index (κ2) is 6.91. The van der Waals surface area contributed by atoms with Crippen LogP contribution in [0.3, 0.4) is 0 Å². The number of amides is 1. The zero-order valence-corrected chi connectivity index (χ0v) is 14.2. The number of benzene rings is 1. The van der Waals surface area contributed by atoms with Crippen molar-refractivity contribution in [3.05, 3.63) is 22.8 Å². The van der Waals surface area contributed by atoms with Crippen LogP contribution in [-0.4, -0.2) is 28.7 Å². The predicted octanol–water partition coefficient (Wildman–Crippen LogP) is 3.10. The minimum atomic E-state index is -0.843. The van der Waals surface area contributed by atoms with E-state index in [1.165, 1.54) is 0 Å². The highest BCUT2D eigenvalue weighted by atomic mass is 79.9. The van der Waals surface area contributed by atoms with Gasteiger partial charge >= 0.3 is 5.97 Å². The normalized spacial score (nSPS) is 12.4. The number of H-pyrrole nitrogens is 1. The Morgan fingerprint density at radius 1 is 1.41 bits per heavy atom. The number of halogens is 1. The summed E-state index contributed by atoms with van der Waals surface area (Å²) in [6, 6.07) is 3.61. The maximum absolute atomic E-state index is 12.4. The van der Waals surface area contributed by atoms with Crippen LogP contribution >= 0.6 is 15.9 Å². The van der Waals surface area contributed by atoms with Gasteiger partial charge in [-0.1, -0.05) is 13.8 Å². The van der Waals surface area contributed by atoms with Crippen molar-refractivity contribution in [1.82, 2.24) is 10.2 Å². The number of hydrogen-bond acceptors (Lipinski definition) is 4. The lowest BCUT2D eigenvalue weighted by Gasteiger charge is -2.19. The number of carbonyl (C=O) groups excluding carboxylic acids is 2. The van der Waals surface area contributed by atoms with Gasteiger partial charge in [0.05, 0.1) is 28.5 Å². The molecule has 0 bridgehead atoms. The van der Waals surface area contributed by atoms with Gasteiger partial charge in [0, 0.05) is 5.39 Å². The van der Waals surface area contributed by atoms with Crippen molar-refractivity contribution in [1.29, 1.82) is 0 Å². The first-order chi connectivity index (χ1) is 10.5. The topological polar surface area (TPSA) is 84.1 Å². The van der Waals surface area contributed by atoms with E-state index < -0.39 is 11.9 Å². The first-order valence-electron chi connectivity index (χ1n) is 7.04. The van der Waals surface area contributed by atoms with E-state index in [4.69, 9.17) is 4.74 Å². The van der Waals surface area contributed by atoms with Gasteiger partial charge in [0.2, 0.25) is 5.91 Å². The molecule has 0 aliphatic carbocycles. The van der Waals surface area contributed by atoms with Crippen molar-refractivity contribution >= 4 is 44.4 Å². The lowest BCUT2D eigenvalue weighted by atomic mass is 9.95. The van der Waals surface area contributed by atoms with E-state index in [9.17, 15) is 9.59 Å². The summed E-state index contributed by atoms with van der Waals surface area (Å²) in [5, 5.41) is 10.5.